The molecule has 0 radical (unpaired) electrons. The van der Waals surface area contributed by atoms with E-state index in [1.54, 1.807) is 28.7 Å². The van der Waals surface area contributed by atoms with Crippen molar-refractivity contribution < 1.29 is 9.21 Å². The number of pyridine rings is 1. The van der Waals surface area contributed by atoms with E-state index in [9.17, 15) is 9.59 Å². The summed E-state index contributed by atoms with van der Waals surface area (Å²) >= 11 is 0. The van der Waals surface area contributed by atoms with Crippen molar-refractivity contribution in [3.05, 3.63) is 94.1 Å². The largest absolute Gasteiger partial charge is 0.405 e. The van der Waals surface area contributed by atoms with Crippen LogP contribution < -0.4 is 11.1 Å². The Balaban J connectivity index is 1.44. The predicted octanol–water partition coefficient (Wildman–Crippen LogP) is 3.67. The number of rotatable bonds is 3. The first-order chi connectivity index (χ1) is 14.6. The van der Waals surface area contributed by atoms with E-state index in [-0.39, 0.29) is 5.91 Å². The molecule has 0 saturated carbocycles. The molecule has 30 heavy (non-hydrogen) atoms. The SMILES string of the molecule is Cc1ccc2oc(=O)c3ccc(C(=O)N/N=C/c4ccc5ccccc5n4)cc3n12. The number of carbonyl (C=O) groups excluding carboxylic acids is 1. The van der Waals surface area contributed by atoms with Gasteiger partial charge in [-0.3, -0.25) is 9.20 Å². The first-order valence-electron chi connectivity index (χ1n) is 9.34. The average molecular weight is 396 g/mol. The van der Waals surface area contributed by atoms with Gasteiger partial charge in [-0.1, -0.05) is 24.3 Å². The number of hydrogen-bond donors (Lipinski definition) is 1. The van der Waals surface area contributed by atoms with Gasteiger partial charge < -0.3 is 4.42 Å². The van der Waals surface area contributed by atoms with Crippen LogP contribution in [-0.4, -0.2) is 21.5 Å². The van der Waals surface area contributed by atoms with Crippen molar-refractivity contribution in [3.8, 4) is 0 Å². The van der Waals surface area contributed by atoms with Crippen molar-refractivity contribution >= 4 is 39.6 Å². The molecule has 0 aliphatic rings. The molecule has 0 atom stereocenters. The molecule has 5 aromatic rings. The quantitative estimate of drug-likeness (QED) is 0.372. The van der Waals surface area contributed by atoms with E-state index in [1.807, 2.05) is 49.4 Å². The molecule has 146 valence electrons. The van der Waals surface area contributed by atoms with Crippen LogP contribution in [0.15, 0.2) is 81.0 Å². The van der Waals surface area contributed by atoms with Crippen LogP contribution in [0.1, 0.15) is 21.7 Å². The summed E-state index contributed by atoms with van der Waals surface area (Å²) in [5.41, 5.74) is 5.88. The van der Waals surface area contributed by atoms with Crippen LogP contribution in [-0.2, 0) is 0 Å². The predicted molar refractivity (Wildman–Crippen MR) is 115 cm³/mol. The zero-order valence-electron chi connectivity index (χ0n) is 16.0. The highest BCUT2D eigenvalue weighted by atomic mass is 16.4. The standard InChI is InChI=1S/C23H16N4O3/c1-14-6-11-21-27(14)20-12-16(8-10-18(20)23(29)30-21)22(28)26-24-13-17-9-7-15-4-2-3-5-19(15)25-17/h2-13H,1H3,(H,26,28)/b24-13+. The molecular weight excluding hydrogens is 380 g/mol. The van der Waals surface area contributed by atoms with Gasteiger partial charge in [-0.15, -0.1) is 0 Å². The second-order valence-electron chi connectivity index (χ2n) is 6.90. The number of para-hydroxylation sites is 1. The lowest BCUT2D eigenvalue weighted by Gasteiger charge is -2.06. The van der Waals surface area contributed by atoms with E-state index in [4.69, 9.17) is 4.42 Å². The Morgan fingerprint density at radius 3 is 2.87 bits per heavy atom. The average Bonchev–Trinajstić information content (AvgIpc) is 3.13. The lowest BCUT2D eigenvalue weighted by Crippen LogP contribution is -2.18. The smallest absolute Gasteiger partial charge is 0.346 e. The molecule has 0 aliphatic carbocycles. The molecule has 5 rings (SSSR count). The Labute approximate surface area is 170 Å². The molecule has 3 aromatic heterocycles. The normalized spacial score (nSPS) is 11.6. The van der Waals surface area contributed by atoms with Gasteiger partial charge in [-0.05, 0) is 43.3 Å². The molecule has 0 bridgehead atoms. The molecule has 2 aromatic carbocycles. The molecule has 7 heteroatoms. The number of nitrogens with one attached hydrogen (secondary N) is 1. The third kappa shape index (κ3) is 3.02. The Kier molecular flexibility index (Phi) is 4.14. The first-order valence-corrected chi connectivity index (χ1v) is 9.34. The Hall–Kier alpha value is -4.26. The van der Waals surface area contributed by atoms with Gasteiger partial charge >= 0.3 is 5.63 Å². The van der Waals surface area contributed by atoms with Crippen LogP contribution >= 0.6 is 0 Å². The van der Waals surface area contributed by atoms with Crippen LogP contribution in [0.25, 0.3) is 27.5 Å². The number of fused-ring (bicyclic) bond motifs is 4. The summed E-state index contributed by atoms with van der Waals surface area (Å²) in [6.45, 7) is 1.90. The van der Waals surface area contributed by atoms with Gasteiger partial charge in [0.2, 0.25) is 5.71 Å². The van der Waals surface area contributed by atoms with Crippen LogP contribution in [0.4, 0.5) is 0 Å². The van der Waals surface area contributed by atoms with E-state index in [0.29, 0.717) is 27.9 Å². The maximum atomic E-state index is 12.6. The zero-order chi connectivity index (χ0) is 20.7. The number of carbonyl (C=O) groups is 1. The fraction of sp³-hybridized carbons (Fsp3) is 0.0435. The van der Waals surface area contributed by atoms with Crippen molar-refractivity contribution in [2.45, 2.75) is 6.92 Å². The van der Waals surface area contributed by atoms with Crippen LogP contribution in [0.2, 0.25) is 0 Å². The number of nitrogens with zero attached hydrogens (tertiary/aromatic N) is 3. The van der Waals surface area contributed by atoms with Crippen molar-refractivity contribution in [3.63, 3.8) is 0 Å². The summed E-state index contributed by atoms with van der Waals surface area (Å²) in [4.78, 5) is 29.3. The highest BCUT2D eigenvalue weighted by Crippen LogP contribution is 2.19. The van der Waals surface area contributed by atoms with Gasteiger partial charge in [0.25, 0.3) is 5.91 Å². The highest BCUT2D eigenvalue weighted by Gasteiger charge is 2.12. The summed E-state index contributed by atoms with van der Waals surface area (Å²) in [6, 6.07) is 19.9. The lowest BCUT2D eigenvalue weighted by atomic mass is 10.1. The summed E-state index contributed by atoms with van der Waals surface area (Å²) in [7, 11) is 0. The minimum absolute atomic E-state index is 0.381. The molecule has 0 aliphatic heterocycles. The summed E-state index contributed by atoms with van der Waals surface area (Å²) in [5, 5.41) is 5.46. The maximum absolute atomic E-state index is 12.6. The van der Waals surface area contributed by atoms with Gasteiger partial charge in [-0.25, -0.2) is 15.2 Å². The van der Waals surface area contributed by atoms with E-state index < -0.39 is 5.63 Å². The van der Waals surface area contributed by atoms with Crippen LogP contribution in [0, 0.1) is 6.92 Å². The van der Waals surface area contributed by atoms with E-state index in [2.05, 4.69) is 15.5 Å². The summed E-state index contributed by atoms with van der Waals surface area (Å²) < 4.78 is 7.12. The number of hydrogen-bond acceptors (Lipinski definition) is 5. The van der Waals surface area contributed by atoms with Gasteiger partial charge in [0, 0.05) is 22.7 Å². The molecule has 0 unspecified atom stereocenters. The summed E-state index contributed by atoms with van der Waals surface area (Å²) in [5.74, 6) is -0.389. The molecule has 0 fully saturated rings. The van der Waals surface area contributed by atoms with E-state index in [1.165, 1.54) is 6.21 Å². The monoisotopic (exact) mass is 396 g/mol. The van der Waals surface area contributed by atoms with Crippen molar-refractivity contribution in [2.24, 2.45) is 5.10 Å². The molecule has 3 heterocycles. The Morgan fingerprint density at radius 1 is 1.10 bits per heavy atom. The molecule has 0 spiro atoms. The number of hydrazone groups is 1. The topological polar surface area (TPSA) is 89.0 Å². The number of aryl methyl sites for hydroxylation is 1. The van der Waals surface area contributed by atoms with Crippen LogP contribution in [0.3, 0.4) is 0 Å². The fourth-order valence-electron chi connectivity index (χ4n) is 3.46. The van der Waals surface area contributed by atoms with Crippen molar-refractivity contribution in [1.29, 1.82) is 0 Å². The minimum atomic E-state index is -0.442. The molecular formula is C23H16N4O3. The van der Waals surface area contributed by atoms with Crippen LogP contribution in [0.5, 0.6) is 0 Å². The Bertz CT molecular complexity index is 1530. The highest BCUT2D eigenvalue weighted by molar-refractivity contribution is 5.98. The second-order valence-corrected chi connectivity index (χ2v) is 6.90. The first kappa shape index (κ1) is 17.8. The van der Waals surface area contributed by atoms with Gasteiger partial charge in [0.15, 0.2) is 0 Å². The van der Waals surface area contributed by atoms with Gasteiger partial charge in [0.05, 0.1) is 28.3 Å². The maximum Gasteiger partial charge on any atom is 0.346 e. The third-order valence-electron chi connectivity index (χ3n) is 4.94. The molecule has 1 N–H and O–H groups in total. The second kappa shape index (κ2) is 6.97. The number of aromatic nitrogens is 2. The lowest BCUT2D eigenvalue weighted by molar-refractivity contribution is 0.0955. The zero-order valence-corrected chi connectivity index (χ0v) is 16.0. The molecule has 7 nitrogen and oxygen atoms in total. The summed E-state index contributed by atoms with van der Waals surface area (Å²) in [6.07, 6.45) is 1.49. The Morgan fingerprint density at radius 2 is 1.97 bits per heavy atom. The van der Waals surface area contributed by atoms with Gasteiger partial charge in [-0.2, -0.15) is 5.10 Å². The molecule has 1 amide bonds. The van der Waals surface area contributed by atoms with Crippen molar-refractivity contribution in [1.82, 2.24) is 14.8 Å². The minimum Gasteiger partial charge on any atom is -0.405 e. The van der Waals surface area contributed by atoms with Crippen molar-refractivity contribution in [2.75, 3.05) is 0 Å². The fourth-order valence-corrected chi connectivity index (χ4v) is 3.46. The number of benzene rings is 2. The van der Waals surface area contributed by atoms with E-state index in [0.717, 1.165) is 16.6 Å². The molecule has 0 saturated heterocycles. The third-order valence-corrected chi connectivity index (χ3v) is 4.94. The van der Waals surface area contributed by atoms with Gasteiger partial charge in [0.1, 0.15) is 0 Å². The number of amides is 1. The van der Waals surface area contributed by atoms with E-state index >= 15 is 0 Å².